The quantitative estimate of drug-likeness (QED) is 0.656. The Kier molecular flexibility index (Phi) is 2.00. The van der Waals surface area contributed by atoms with Gasteiger partial charge in [-0.05, 0) is 22.9 Å². The minimum absolute atomic E-state index is 0.986. The molecule has 0 saturated carbocycles. The summed E-state index contributed by atoms with van der Waals surface area (Å²) >= 11 is 3.62. The van der Waals surface area contributed by atoms with Crippen molar-refractivity contribution in [3.63, 3.8) is 0 Å². The van der Waals surface area contributed by atoms with E-state index in [9.17, 15) is 0 Å². The van der Waals surface area contributed by atoms with Crippen LogP contribution in [0.5, 0.6) is 0 Å². The fourth-order valence-electron chi connectivity index (χ4n) is 1.63. The summed E-state index contributed by atoms with van der Waals surface area (Å²) in [5.41, 5.74) is 1.33. The second-order valence-electron chi connectivity index (χ2n) is 3.15. The second kappa shape index (κ2) is 3.33. The van der Waals surface area contributed by atoms with Crippen LogP contribution < -0.4 is 0 Å². The SMILES string of the molecule is C1=CCN2C=CSc3ccsc3C2=C1. The Morgan fingerprint density at radius 3 is 3.36 bits per heavy atom. The zero-order valence-electron chi connectivity index (χ0n) is 7.51. The molecule has 0 amide bonds. The van der Waals surface area contributed by atoms with Crippen LogP contribution in [0, 0.1) is 0 Å². The van der Waals surface area contributed by atoms with Gasteiger partial charge in [0.15, 0.2) is 0 Å². The third kappa shape index (κ3) is 1.24. The van der Waals surface area contributed by atoms with E-state index in [2.05, 4.69) is 46.2 Å². The van der Waals surface area contributed by atoms with Gasteiger partial charge in [-0.3, -0.25) is 0 Å². The Morgan fingerprint density at radius 2 is 2.36 bits per heavy atom. The molecule has 14 heavy (non-hydrogen) atoms. The maximum absolute atomic E-state index is 2.29. The van der Waals surface area contributed by atoms with E-state index in [0.717, 1.165) is 6.54 Å². The van der Waals surface area contributed by atoms with Gasteiger partial charge in [0.25, 0.3) is 0 Å². The lowest BCUT2D eigenvalue weighted by molar-refractivity contribution is 0.590. The minimum atomic E-state index is 0.986. The van der Waals surface area contributed by atoms with Crippen LogP contribution >= 0.6 is 23.1 Å². The second-order valence-corrected chi connectivity index (χ2v) is 5.01. The molecule has 0 N–H and O–H groups in total. The summed E-state index contributed by atoms with van der Waals surface area (Å²) in [6, 6.07) is 2.19. The fraction of sp³-hybridized carbons (Fsp3) is 0.0909. The summed E-state index contributed by atoms with van der Waals surface area (Å²) in [4.78, 5) is 5.05. The highest BCUT2D eigenvalue weighted by molar-refractivity contribution is 8.02. The molecule has 3 heteroatoms. The van der Waals surface area contributed by atoms with E-state index in [1.54, 1.807) is 11.8 Å². The summed E-state index contributed by atoms with van der Waals surface area (Å²) in [6.45, 7) is 0.986. The van der Waals surface area contributed by atoms with Crippen molar-refractivity contribution in [3.8, 4) is 0 Å². The van der Waals surface area contributed by atoms with Gasteiger partial charge in [0.2, 0.25) is 0 Å². The van der Waals surface area contributed by atoms with E-state index in [-0.39, 0.29) is 0 Å². The summed E-state index contributed by atoms with van der Waals surface area (Å²) in [5, 5.41) is 4.32. The maximum Gasteiger partial charge on any atom is 0.0646 e. The van der Waals surface area contributed by atoms with Crippen molar-refractivity contribution in [2.45, 2.75) is 4.90 Å². The minimum Gasteiger partial charge on any atom is -0.342 e. The van der Waals surface area contributed by atoms with Crippen molar-refractivity contribution in [3.05, 3.63) is 46.2 Å². The van der Waals surface area contributed by atoms with E-state index >= 15 is 0 Å². The van der Waals surface area contributed by atoms with Gasteiger partial charge in [0.05, 0.1) is 10.6 Å². The van der Waals surface area contributed by atoms with Crippen LogP contribution in [0.25, 0.3) is 5.70 Å². The first kappa shape index (κ1) is 8.38. The Bertz CT molecular complexity index is 440. The number of hydrogen-bond acceptors (Lipinski definition) is 3. The number of fused-ring (bicyclic) bond motifs is 3. The van der Waals surface area contributed by atoms with Crippen molar-refractivity contribution >= 4 is 28.8 Å². The predicted octanol–water partition coefficient (Wildman–Crippen LogP) is 3.54. The van der Waals surface area contributed by atoms with Crippen LogP contribution in [0.4, 0.5) is 0 Å². The lowest BCUT2D eigenvalue weighted by Crippen LogP contribution is -2.16. The number of allylic oxidation sites excluding steroid dienone is 2. The van der Waals surface area contributed by atoms with Gasteiger partial charge in [-0.25, -0.2) is 0 Å². The molecule has 1 aromatic heterocycles. The van der Waals surface area contributed by atoms with E-state index in [0.29, 0.717) is 0 Å². The molecule has 0 aromatic carbocycles. The summed E-state index contributed by atoms with van der Waals surface area (Å²) in [6.07, 6.45) is 8.66. The molecular formula is C11H9NS2. The largest absolute Gasteiger partial charge is 0.342 e. The molecule has 1 nitrogen and oxygen atoms in total. The molecule has 70 valence electrons. The molecule has 0 saturated heterocycles. The molecule has 2 aliphatic heterocycles. The number of rotatable bonds is 0. The van der Waals surface area contributed by atoms with E-state index in [4.69, 9.17) is 0 Å². The highest BCUT2D eigenvalue weighted by Crippen LogP contribution is 2.38. The molecule has 0 unspecified atom stereocenters. The van der Waals surface area contributed by atoms with Gasteiger partial charge in [0.1, 0.15) is 0 Å². The number of thiophene rings is 1. The molecule has 0 fully saturated rings. The molecular weight excluding hydrogens is 210 g/mol. The standard InChI is InChI=1S/C11H9NS2/c1-2-5-12-6-8-13-10-4-7-14-11(10)9(12)3-1/h1-4,6-8H,5H2. The van der Waals surface area contributed by atoms with Crippen molar-refractivity contribution in [2.24, 2.45) is 0 Å². The Hall–Kier alpha value is -0.930. The van der Waals surface area contributed by atoms with Crippen molar-refractivity contribution in [1.29, 1.82) is 0 Å². The molecule has 0 spiro atoms. The highest BCUT2D eigenvalue weighted by Gasteiger charge is 2.17. The van der Waals surface area contributed by atoms with E-state index in [1.807, 2.05) is 11.3 Å². The van der Waals surface area contributed by atoms with Gasteiger partial charge in [-0.15, -0.1) is 11.3 Å². The van der Waals surface area contributed by atoms with Crippen LogP contribution in [-0.2, 0) is 0 Å². The van der Waals surface area contributed by atoms with Crippen molar-refractivity contribution in [1.82, 2.24) is 4.90 Å². The lowest BCUT2D eigenvalue weighted by atomic mass is 10.2. The van der Waals surface area contributed by atoms with Gasteiger partial charge >= 0.3 is 0 Å². The molecule has 1 aromatic rings. The first-order valence-electron chi connectivity index (χ1n) is 4.50. The first-order valence-corrected chi connectivity index (χ1v) is 6.26. The summed E-state index contributed by atoms with van der Waals surface area (Å²) in [7, 11) is 0. The van der Waals surface area contributed by atoms with Gasteiger partial charge in [-0.2, -0.15) is 0 Å². The molecule has 2 aliphatic rings. The number of thioether (sulfide) groups is 1. The Balaban J connectivity index is 2.17. The average Bonchev–Trinajstić information content (AvgIpc) is 2.61. The maximum atomic E-state index is 2.29. The zero-order valence-corrected chi connectivity index (χ0v) is 9.15. The zero-order chi connectivity index (χ0) is 9.38. The van der Waals surface area contributed by atoms with E-state index < -0.39 is 0 Å². The normalized spacial score (nSPS) is 18.6. The average molecular weight is 219 g/mol. The van der Waals surface area contributed by atoms with Gasteiger partial charge in [0, 0.05) is 17.6 Å². The molecule has 3 heterocycles. The Labute approximate surface area is 91.4 Å². The molecule has 0 radical (unpaired) electrons. The fourth-order valence-corrected chi connectivity index (χ4v) is 3.55. The highest BCUT2D eigenvalue weighted by atomic mass is 32.2. The van der Waals surface area contributed by atoms with Crippen LogP contribution in [0.1, 0.15) is 4.88 Å². The van der Waals surface area contributed by atoms with Crippen LogP contribution in [0.3, 0.4) is 0 Å². The van der Waals surface area contributed by atoms with E-state index in [1.165, 1.54) is 15.5 Å². The lowest BCUT2D eigenvalue weighted by Gasteiger charge is -2.22. The predicted molar refractivity (Wildman–Crippen MR) is 63.1 cm³/mol. The molecule has 0 bridgehead atoms. The first-order chi connectivity index (χ1) is 6.95. The Morgan fingerprint density at radius 1 is 1.36 bits per heavy atom. The molecule has 3 rings (SSSR count). The van der Waals surface area contributed by atoms with Crippen LogP contribution in [0.2, 0.25) is 0 Å². The number of nitrogens with zero attached hydrogens (tertiary/aromatic N) is 1. The van der Waals surface area contributed by atoms with Crippen molar-refractivity contribution in [2.75, 3.05) is 6.54 Å². The smallest absolute Gasteiger partial charge is 0.0646 e. The molecule has 0 atom stereocenters. The summed E-state index contributed by atoms with van der Waals surface area (Å²) in [5.74, 6) is 0. The van der Waals surface area contributed by atoms with Crippen LogP contribution in [-0.4, -0.2) is 11.4 Å². The third-order valence-electron chi connectivity index (χ3n) is 2.30. The van der Waals surface area contributed by atoms with Crippen molar-refractivity contribution < 1.29 is 0 Å². The third-order valence-corrected chi connectivity index (χ3v) is 4.22. The summed E-state index contributed by atoms with van der Waals surface area (Å²) < 4.78 is 0. The van der Waals surface area contributed by atoms with Crippen LogP contribution in [0.15, 0.2) is 46.2 Å². The number of hydrogen-bond donors (Lipinski definition) is 0. The topological polar surface area (TPSA) is 3.24 Å². The monoisotopic (exact) mass is 219 g/mol. The van der Waals surface area contributed by atoms with Gasteiger partial charge in [-0.1, -0.05) is 23.9 Å². The molecule has 0 aliphatic carbocycles. The van der Waals surface area contributed by atoms with Gasteiger partial charge < -0.3 is 4.90 Å².